The van der Waals surface area contributed by atoms with Gasteiger partial charge in [-0.05, 0) is 66.2 Å². The smallest absolute Gasteiger partial charge is 0.130 e. The predicted octanol–water partition coefficient (Wildman–Crippen LogP) is 4.53. The Morgan fingerprint density at radius 3 is 2.67 bits per heavy atom. The zero-order valence-corrected chi connectivity index (χ0v) is 15.9. The molecule has 0 fully saturated rings. The molecule has 1 aromatic carbocycles. The van der Waals surface area contributed by atoms with Crippen LogP contribution in [0.5, 0.6) is 0 Å². The molecule has 0 saturated carbocycles. The van der Waals surface area contributed by atoms with Crippen LogP contribution in [0.25, 0.3) is 0 Å². The molecule has 0 amide bonds. The highest BCUT2D eigenvalue weighted by Crippen LogP contribution is 2.29. The van der Waals surface area contributed by atoms with Gasteiger partial charge >= 0.3 is 0 Å². The highest BCUT2D eigenvalue weighted by atomic mass is 127. The van der Waals surface area contributed by atoms with Gasteiger partial charge in [-0.3, -0.25) is 4.68 Å². The first kappa shape index (κ1) is 17.1. The Morgan fingerprint density at radius 2 is 2.10 bits per heavy atom. The molecular formula is C15H18Cl2IN3. The van der Waals surface area contributed by atoms with E-state index >= 15 is 0 Å². The molecule has 1 aromatic heterocycles. The van der Waals surface area contributed by atoms with Gasteiger partial charge < -0.3 is 5.32 Å². The SMILES string of the molecule is CCNC(Cc1c(C)nn(C)c1Cl)c1cc(Cl)ccc1I. The highest BCUT2D eigenvalue weighted by Gasteiger charge is 2.20. The molecule has 114 valence electrons. The summed E-state index contributed by atoms with van der Waals surface area (Å²) >= 11 is 14.9. The maximum Gasteiger partial charge on any atom is 0.130 e. The number of nitrogens with zero attached hydrogens (tertiary/aromatic N) is 2. The molecule has 0 aliphatic heterocycles. The van der Waals surface area contributed by atoms with Crippen molar-refractivity contribution in [3.63, 3.8) is 0 Å². The third-order valence-electron chi connectivity index (χ3n) is 3.46. The largest absolute Gasteiger partial charge is 0.310 e. The lowest BCUT2D eigenvalue weighted by Gasteiger charge is -2.20. The van der Waals surface area contributed by atoms with Crippen molar-refractivity contribution in [1.29, 1.82) is 0 Å². The number of hydrogen-bond donors (Lipinski definition) is 1. The second-order valence-corrected chi connectivity index (χ2v) is 6.92. The first-order chi connectivity index (χ1) is 9.93. The van der Waals surface area contributed by atoms with Crippen molar-refractivity contribution in [2.24, 2.45) is 7.05 Å². The summed E-state index contributed by atoms with van der Waals surface area (Å²) in [6, 6.07) is 6.15. The molecule has 0 spiro atoms. The van der Waals surface area contributed by atoms with Crippen molar-refractivity contribution < 1.29 is 0 Å². The fourth-order valence-electron chi connectivity index (χ4n) is 2.43. The van der Waals surface area contributed by atoms with E-state index in [1.54, 1.807) is 4.68 Å². The first-order valence-corrected chi connectivity index (χ1v) is 8.63. The number of aromatic nitrogens is 2. The van der Waals surface area contributed by atoms with Crippen LogP contribution in [0.3, 0.4) is 0 Å². The summed E-state index contributed by atoms with van der Waals surface area (Å²) in [4.78, 5) is 0. The summed E-state index contributed by atoms with van der Waals surface area (Å²) in [5.41, 5.74) is 3.26. The number of benzene rings is 1. The maximum absolute atomic E-state index is 6.36. The summed E-state index contributed by atoms with van der Waals surface area (Å²) in [5.74, 6) is 0. The summed E-state index contributed by atoms with van der Waals surface area (Å²) < 4.78 is 2.92. The van der Waals surface area contributed by atoms with Gasteiger partial charge in [0.15, 0.2) is 0 Å². The second kappa shape index (κ2) is 7.31. The number of likely N-dealkylation sites (N-methyl/N-ethyl adjacent to an activating group) is 1. The Kier molecular flexibility index (Phi) is 5.94. The summed E-state index contributed by atoms with van der Waals surface area (Å²) in [7, 11) is 1.87. The maximum atomic E-state index is 6.36. The van der Waals surface area contributed by atoms with Gasteiger partial charge in [-0.25, -0.2) is 0 Å². The quantitative estimate of drug-likeness (QED) is 0.696. The van der Waals surface area contributed by atoms with Crippen LogP contribution in [-0.2, 0) is 13.5 Å². The van der Waals surface area contributed by atoms with Crippen molar-refractivity contribution in [3.05, 3.63) is 48.8 Å². The minimum Gasteiger partial charge on any atom is -0.310 e. The van der Waals surface area contributed by atoms with Crippen LogP contribution >= 0.6 is 45.8 Å². The Bertz CT molecular complexity index is 640. The molecule has 3 nitrogen and oxygen atoms in total. The van der Waals surface area contributed by atoms with E-state index in [4.69, 9.17) is 23.2 Å². The number of halogens is 3. The summed E-state index contributed by atoms with van der Waals surface area (Å²) in [6.45, 7) is 4.97. The van der Waals surface area contributed by atoms with Crippen molar-refractivity contribution in [1.82, 2.24) is 15.1 Å². The minimum absolute atomic E-state index is 0.168. The fourth-order valence-corrected chi connectivity index (χ4v) is 3.57. The normalized spacial score (nSPS) is 12.7. The molecule has 21 heavy (non-hydrogen) atoms. The zero-order chi connectivity index (χ0) is 15.6. The van der Waals surface area contributed by atoms with Crippen LogP contribution in [0.2, 0.25) is 10.2 Å². The van der Waals surface area contributed by atoms with E-state index in [1.165, 1.54) is 9.13 Å². The van der Waals surface area contributed by atoms with Crippen molar-refractivity contribution in [2.75, 3.05) is 6.54 Å². The third-order valence-corrected chi connectivity index (χ3v) is 5.15. The van der Waals surface area contributed by atoms with Gasteiger partial charge in [-0.15, -0.1) is 0 Å². The first-order valence-electron chi connectivity index (χ1n) is 6.80. The van der Waals surface area contributed by atoms with Gasteiger partial charge in [0.1, 0.15) is 5.15 Å². The minimum atomic E-state index is 0.168. The van der Waals surface area contributed by atoms with E-state index in [1.807, 2.05) is 32.2 Å². The fraction of sp³-hybridized carbons (Fsp3) is 0.400. The third kappa shape index (κ3) is 3.92. The van der Waals surface area contributed by atoms with Crippen molar-refractivity contribution in [2.45, 2.75) is 26.3 Å². The van der Waals surface area contributed by atoms with E-state index in [0.29, 0.717) is 5.15 Å². The predicted molar refractivity (Wildman–Crippen MR) is 97.2 cm³/mol. The molecule has 0 aliphatic carbocycles. The average Bonchev–Trinajstić information content (AvgIpc) is 2.67. The number of nitrogens with one attached hydrogen (secondary N) is 1. The second-order valence-electron chi connectivity index (χ2n) is 4.96. The van der Waals surface area contributed by atoms with Gasteiger partial charge in [0, 0.05) is 27.2 Å². The van der Waals surface area contributed by atoms with Crippen LogP contribution in [0.4, 0.5) is 0 Å². The molecule has 2 aromatic rings. The van der Waals surface area contributed by atoms with Gasteiger partial charge in [-0.2, -0.15) is 5.10 Å². The molecule has 1 atom stereocenters. The Labute approximate surface area is 149 Å². The van der Waals surface area contributed by atoms with Crippen molar-refractivity contribution >= 4 is 45.8 Å². The van der Waals surface area contributed by atoms with E-state index in [0.717, 1.165) is 29.2 Å². The van der Waals surface area contributed by atoms with Crippen LogP contribution in [0.1, 0.15) is 29.8 Å². The van der Waals surface area contributed by atoms with E-state index in [9.17, 15) is 0 Å². The number of hydrogen-bond acceptors (Lipinski definition) is 2. The summed E-state index contributed by atoms with van der Waals surface area (Å²) in [5, 5.41) is 9.36. The lowest BCUT2D eigenvalue weighted by molar-refractivity contribution is 0.546. The molecule has 0 aliphatic rings. The number of aryl methyl sites for hydroxylation is 2. The van der Waals surface area contributed by atoms with E-state index in [2.05, 4.69) is 39.9 Å². The molecule has 0 saturated heterocycles. The molecule has 6 heteroatoms. The molecule has 1 heterocycles. The topological polar surface area (TPSA) is 29.9 Å². The van der Waals surface area contributed by atoms with Gasteiger partial charge in [-0.1, -0.05) is 30.1 Å². The van der Waals surface area contributed by atoms with Crippen LogP contribution in [-0.4, -0.2) is 16.3 Å². The molecular weight excluding hydrogens is 420 g/mol. The van der Waals surface area contributed by atoms with Gasteiger partial charge in [0.25, 0.3) is 0 Å². The lowest BCUT2D eigenvalue weighted by atomic mass is 9.99. The summed E-state index contributed by atoms with van der Waals surface area (Å²) in [6.07, 6.45) is 0.794. The monoisotopic (exact) mass is 437 g/mol. The molecule has 0 radical (unpaired) electrons. The van der Waals surface area contributed by atoms with Crippen LogP contribution in [0, 0.1) is 10.5 Å². The molecule has 1 N–H and O–H groups in total. The highest BCUT2D eigenvalue weighted by molar-refractivity contribution is 14.1. The standard InChI is InChI=1S/C15H18Cl2IN3/c1-4-19-14(12-7-10(16)5-6-13(12)18)8-11-9(2)20-21(3)15(11)17/h5-7,14,19H,4,8H2,1-3H3. The Hall–Kier alpha value is -0.300. The van der Waals surface area contributed by atoms with Gasteiger partial charge in [0.2, 0.25) is 0 Å². The zero-order valence-electron chi connectivity index (χ0n) is 12.3. The Balaban J connectivity index is 2.37. The lowest BCUT2D eigenvalue weighted by Crippen LogP contribution is -2.24. The molecule has 0 bridgehead atoms. The molecule has 1 unspecified atom stereocenters. The van der Waals surface area contributed by atoms with Crippen molar-refractivity contribution in [3.8, 4) is 0 Å². The van der Waals surface area contributed by atoms with E-state index < -0.39 is 0 Å². The number of rotatable bonds is 5. The Morgan fingerprint density at radius 1 is 1.38 bits per heavy atom. The van der Waals surface area contributed by atoms with E-state index in [-0.39, 0.29) is 6.04 Å². The van der Waals surface area contributed by atoms with Crippen LogP contribution < -0.4 is 5.32 Å². The average molecular weight is 438 g/mol. The van der Waals surface area contributed by atoms with Crippen LogP contribution in [0.15, 0.2) is 18.2 Å². The molecule has 2 rings (SSSR count). The van der Waals surface area contributed by atoms with Gasteiger partial charge in [0.05, 0.1) is 5.69 Å².